The molecule has 4 rings (SSSR count). The SMILES string of the molecule is COc1ccc(C(=O)N2C3CCC2CC(NC(=O)c2ccncc2)C3)cn1. The summed E-state index contributed by atoms with van der Waals surface area (Å²) < 4.78 is 5.06. The van der Waals surface area contributed by atoms with E-state index in [2.05, 4.69) is 15.3 Å². The van der Waals surface area contributed by atoms with E-state index < -0.39 is 0 Å². The van der Waals surface area contributed by atoms with Crippen LogP contribution in [0.25, 0.3) is 0 Å². The quantitative estimate of drug-likeness (QED) is 0.895. The van der Waals surface area contributed by atoms with Crippen molar-refractivity contribution in [2.45, 2.75) is 43.8 Å². The van der Waals surface area contributed by atoms with Crippen LogP contribution in [-0.4, -0.2) is 51.9 Å². The minimum Gasteiger partial charge on any atom is -0.481 e. The molecule has 2 saturated heterocycles. The van der Waals surface area contributed by atoms with Crippen LogP contribution in [0.2, 0.25) is 0 Å². The molecule has 1 N–H and O–H groups in total. The normalized spacial score (nSPS) is 23.7. The van der Waals surface area contributed by atoms with Crippen molar-refractivity contribution in [3.8, 4) is 5.88 Å². The maximum Gasteiger partial charge on any atom is 0.255 e. The van der Waals surface area contributed by atoms with Crippen LogP contribution >= 0.6 is 0 Å². The molecular formula is C20H22N4O3. The molecule has 140 valence electrons. The molecule has 2 aromatic rings. The Hall–Kier alpha value is -2.96. The van der Waals surface area contributed by atoms with Gasteiger partial charge < -0.3 is 15.0 Å². The van der Waals surface area contributed by atoms with Crippen molar-refractivity contribution in [2.24, 2.45) is 0 Å². The van der Waals surface area contributed by atoms with E-state index in [1.54, 1.807) is 50.0 Å². The predicted octanol–water partition coefficient (Wildman–Crippen LogP) is 2.05. The third kappa shape index (κ3) is 3.49. The van der Waals surface area contributed by atoms with Crippen LogP contribution in [0.5, 0.6) is 5.88 Å². The number of fused-ring (bicyclic) bond motifs is 2. The van der Waals surface area contributed by atoms with Crippen LogP contribution in [0.1, 0.15) is 46.4 Å². The lowest BCUT2D eigenvalue weighted by Crippen LogP contribution is -2.52. The van der Waals surface area contributed by atoms with Gasteiger partial charge in [-0.2, -0.15) is 0 Å². The van der Waals surface area contributed by atoms with Crippen molar-refractivity contribution in [1.82, 2.24) is 20.2 Å². The molecule has 4 heterocycles. The molecule has 7 heteroatoms. The second-order valence-electron chi connectivity index (χ2n) is 7.06. The Morgan fingerprint density at radius 3 is 2.37 bits per heavy atom. The maximum absolute atomic E-state index is 13.0. The van der Waals surface area contributed by atoms with Gasteiger partial charge in [0.25, 0.3) is 11.8 Å². The number of carbonyl (C=O) groups is 2. The molecule has 2 atom stereocenters. The van der Waals surface area contributed by atoms with Crippen LogP contribution < -0.4 is 10.1 Å². The Balaban J connectivity index is 1.42. The molecule has 2 bridgehead atoms. The molecule has 0 radical (unpaired) electrons. The topological polar surface area (TPSA) is 84.4 Å². The molecule has 2 fully saturated rings. The van der Waals surface area contributed by atoms with Crippen LogP contribution in [0, 0.1) is 0 Å². The van der Waals surface area contributed by atoms with Crippen molar-refractivity contribution in [3.05, 3.63) is 54.0 Å². The van der Waals surface area contributed by atoms with E-state index in [9.17, 15) is 9.59 Å². The number of methoxy groups -OCH3 is 1. The number of aromatic nitrogens is 2. The first-order valence-corrected chi connectivity index (χ1v) is 9.19. The molecule has 2 aromatic heterocycles. The summed E-state index contributed by atoms with van der Waals surface area (Å²) in [5.74, 6) is 0.421. The minimum absolute atomic E-state index is 0.0107. The van der Waals surface area contributed by atoms with Gasteiger partial charge in [0.2, 0.25) is 5.88 Å². The van der Waals surface area contributed by atoms with Crippen molar-refractivity contribution in [2.75, 3.05) is 7.11 Å². The number of rotatable bonds is 4. The number of nitrogens with one attached hydrogen (secondary N) is 1. The lowest BCUT2D eigenvalue weighted by atomic mass is 9.96. The highest BCUT2D eigenvalue weighted by molar-refractivity contribution is 5.95. The number of pyridine rings is 2. The van der Waals surface area contributed by atoms with Crippen LogP contribution in [-0.2, 0) is 0 Å². The fraction of sp³-hybridized carbons (Fsp3) is 0.400. The first-order valence-electron chi connectivity index (χ1n) is 9.19. The van der Waals surface area contributed by atoms with Gasteiger partial charge in [0.15, 0.2) is 0 Å². The van der Waals surface area contributed by atoms with Gasteiger partial charge in [0.1, 0.15) is 0 Å². The fourth-order valence-corrected chi connectivity index (χ4v) is 4.18. The number of hydrogen-bond donors (Lipinski definition) is 1. The monoisotopic (exact) mass is 366 g/mol. The number of hydrogen-bond acceptors (Lipinski definition) is 5. The maximum atomic E-state index is 13.0. The van der Waals surface area contributed by atoms with E-state index in [4.69, 9.17) is 4.74 Å². The Kier molecular flexibility index (Phi) is 4.75. The van der Waals surface area contributed by atoms with Gasteiger partial charge in [0.05, 0.1) is 12.7 Å². The highest BCUT2D eigenvalue weighted by atomic mass is 16.5. The smallest absolute Gasteiger partial charge is 0.255 e. The second kappa shape index (κ2) is 7.34. The number of nitrogens with zero attached hydrogens (tertiary/aromatic N) is 3. The molecule has 2 aliphatic heterocycles. The number of carbonyl (C=O) groups excluding carboxylic acids is 2. The molecule has 27 heavy (non-hydrogen) atoms. The van der Waals surface area contributed by atoms with Crippen molar-refractivity contribution >= 4 is 11.8 Å². The first-order chi connectivity index (χ1) is 13.2. The third-order valence-corrected chi connectivity index (χ3v) is 5.44. The van der Waals surface area contributed by atoms with Gasteiger partial charge in [-0.15, -0.1) is 0 Å². The zero-order valence-corrected chi connectivity index (χ0v) is 15.2. The lowest BCUT2D eigenvalue weighted by Gasteiger charge is -2.39. The van der Waals surface area contributed by atoms with Gasteiger partial charge in [-0.05, 0) is 43.9 Å². The molecule has 2 amide bonds. The molecule has 2 aliphatic rings. The second-order valence-corrected chi connectivity index (χ2v) is 7.06. The van der Waals surface area contributed by atoms with Crippen molar-refractivity contribution < 1.29 is 14.3 Å². The van der Waals surface area contributed by atoms with E-state index in [1.165, 1.54) is 0 Å². The summed E-state index contributed by atoms with van der Waals surface area (Å²) in [6.07, 6.45) is 8.30. The first kappa shape index (κ1) is 17.5. The molecule has 7 nitrogen and oxygen atoms in total. The van der Waals surface area contributed by atoms with E-state index in [0.717, 1.165) is 25.7 Å². The van der Waals surface area contributed by atoms with E-state index in [0.29, 0.717) is 17.0 Å². The van der Waals surface area contributed by atoms with Crippen LogP contribution in [0.3, 0.4) is 0 Å². The summed E-state index contributed by atoms with van der Waals surface area (Å²) in [7, 11) is 1.55. The van der Waals surface area contributed by atoms with E-state index in [-0.39, 0.29) is 29.9 Å². The van der Waals surface area contributed by atoms with Gasteiger partial charge in [-0.3, -0.25) is 14.6 Å². The summed E-state index contributed by atoms with van der Waals surface area (Å²) in [5.41, 5.74) is 1.19. The van der Waals surface area contributed by atoms with Gasteiger partial charge in [-0.25, -0.2) is 4.98 Å². The van der Waals surface area contributed by atoms with Gasteiger partial charge in [0, 0.05) is 48.3 Å². The van der Waals surface area contributed by atoms with Crippen LogP contribution in [0.4, 0.5) is 0 Å². The molecule has 0 spiro atoms. The van der Waals surface area contributed by atoms with Crippen LogP contribution in [0.15, 0.2) is 42.9 Å². The summed E-state index contributed by atoms with van der Waals surface area (Å²) in [4.78, 5) is 35.4. The number of piperidine rings is 1. The highest BCUT2D eigenvalue weighted by Gasteiger charge is 2.43. The summed E-state index contributed by atoms with van der Waals surface area (Å²) in [6, 6.07) is 7.27. The molecule has 0 aromatic carbocycles. The molecule has 0 saturated carbocycles. The lowest BCUT2D eigenvalue weighted by molar-refractivity contribution is 0.0549. The Labute approximate surface area is 157 Å². The Bertz CT molecular complexity index is 811. The van der Waals surface area contributed by atoms with Crippen molar-refractivity contribution in [1.29, 1.82) is 0 Å². The number of ether oxygens (including phenoxy) is 1. The molecular weight excluding hydrogens is 344 g/mol. The zero-order chi connectivity index (χ0) is 18.8. The summed E-state index contributed by atoms with van der Waals surface area (Å²) in [5, 5.41) is 3.12. The third-order valence-electron chi connectivity index (χ3n) is 5.44. The fourth-order valence-electron chi connectivity index (χ4n) is 4.18. The Morgan fingerprint density at radius 2 is 1.78 bits per heavy atom. The zero-order valence-electron chi connectivity index (χ0n) is 15.2. The molecule has 0 aliphatic carbocycles. The van der Waals surface area contributed by atoms with Gasteiger partial charge in [-0.1, -0.05) is 0 Å². The van der Waals surface area contributed by atoms with Crippen molar-refractivity contribution in [3.63, 3.8) is 0 Å². The van der Waals surface area contributed by atoms with Gasteiger partial charge >= 0.3 is 0 Å². The largest absolute Gasteiger partial charge is 0.481 e. The average Bonchev–Trinajstić information content (AvgIpc) is 2.98. The predicted molar refractivity (Wildman–Crippen MR) is 98.5 cm³/mol. The average molecular weight is 366 g/mol. The van der Waals surface area contributed by atoms with E-state index >= 15 is 0 Å². The highest BCUT2D eigenvalue weighted by Crippen LogP contribution is 2.37. The molecule has 2 unspecified atom stereocenters. The summed E-state index contributed by atoms with van der Waals surface area (Å²) in [6.45, 7) is 0. The standard InChI is InChI=1S/C20H22N4O3/c1-27-18-5-2-14(12-22-18)20(26)24-16-3-4-17(24)11-15(10-16)23-19(25)13-6-8-21-9-7-13/h2,5-9,12,15-17H,3-4,10-11H2,1H3,(H,23,25). The minimum atomic E-state index is -0.0825. The summed E-state index contributed by atoms with van der Waals surface area (Å²) >= 11 is 0. The Morgan fingerprint density at radius 1 is 1.07 bits per heavy atom. The van der Waals surface area contributed by atoms with E-state index in [1.807, 2.05) is 4.90 Å². The number of amides is 2.